The van der Waals surface area contributed by atoms with Gasteiger partial charge in [-0.3, -0.25) is 9.78 Å². The molecule has 1 rings (SSSR count). The maximum Gasteiger partial charge on any atom is 0.226 e. The first-order valence-corrected chi connectivity index (χ1v) is 6.68. The maximum atomic E-state index is 11.7. The third-order valence-corrected chi connectivity index (χ3v) is 3.70. The molecule has 1 heterocycles. The zero-order valence-corrected chi connectivity index (χ0v) is 11.3. The van der Waals surface area contributed by atoms with E-state index in [1.807, 2.05) is 6.26 Å². The molecule has 4 nitrogen and oxygen atoms in total. The standard InChI is InChI=1S/C12H19N3OS/c1-12(2,17-3)8-15-11(16)6-10-5-4-9(13)7-14-10/h4-5,7H,6,8,13H2,1-3H3,(H,15,16). The third-order valence-electron chi connectivity index (χ3n) is 2.45. The SMILES string of the molecule is CSC(C)(C)CNC(=O)Cc1ccc(N)cn1. The monoisotopic (exact) mass is 253 g/mol. The molecule has 0 atom stereocenters. The number of nitrogens with zero attached hydrogens (tertiary/aromatic N) is 1. The van der Waals surface area contributed by atoms with Crippen molar-refractivity contribution in [2.45, 2.75) is 25.0 Å². The number of nitrogen functional groups attached to an aromatic ring is 1. The lowest BCUT2D eigenvalue weighted by Crippen LogP contribution is -2.36. The van der Waals surface area contributed by atoms with Crippen molar-refractivity contribution in [2.75, 3.05) is 18.5 Å². The van der Waals surface area contributed by atoms with Crippen molar-refractivity contribution in [3.05, 3.63) is 24.0 Å². The molecule has 0 saturated carbocycles. The molecular weight excluding hydrogens is 234 g/mol. The number of nitrogens with two attached hydrogens (primary N) is 1. The van der Waals surface area contributed by atoms with Gasteiger partial charge in [0.05, 0.1) is 18.3 Å². The lowest BCUT2D eigenvalue weighted by molar-refractivity contribution is -0.120. The molecular formula is C12H19N3OS. The van der Waals surface area contributed by atoms with Crippen LogP contribution in [0.4, 0.5) is 5.69 Å². The van der Waals surface area contributed by atoms with Crippen LogP contribution in [0, 0.1) is 0 Å². The first-order valence-electron chi connectivity index (χ1n) is 5.45. The van der Waals surface area contributed by atoms with E-state index < -0.39 is 0 Å². The first-order chi connectivity index (χ1) is 7.93. The van der Waals surface area contributed by atoms with Crippen molar-refractivity contribution in [1.82, 2.24) is 10.3 Å². The topological polar surface area (TPSA) is 68.0 Å². The van der Waals surface area contributed by atoms with Crippen LogP contribution in [0.1, 0.15) is 19.5 Å². The van der Waals surface area contributed by atoms with Crippen LogP contribution < -0.4 is 11.1 Å². The van der Waals surface area contributed by atoms with Gasteiger partial charge < -0.3 is 11.1 Å². The molecule has 0 aliphatic carbocycles. The van der Waals surface area contributed by atoms with Gasteiger partial charge in [-0.15, -0.1) is 0 Å². The number of aromatic nitrogens is 1. The van der Waals surface area contributed by atoms with Gasteiger partial charge in [-0.2, -0.15) is 11.8 Å². The lowest BCUT2D eigenvalue weighted by atomic mass is 10.2. The number of hydrogen-bond acceptors (Lipinski definition) is 4. The third kappa shape index (κ3) is 5.08. The van der Waals surface area contributed by atoms with Crippen LogP contribution in [0.2, 0.25) is 0 Å². The van der Waals surface area contributed by atoms with E-state index in [0.29, 0.717) is 18.7 Å². The van der Waals surface area contributed by atoms with Gasteiger partial charge >= 0.3 is 0 Å². The average Bonchev–Trinajstić information content (AvgIpc) is 2.30. The van der Waals surface area contributed by atoms with Crippen LogP contribution in [0.5, 0.6) is 0 Å². The van der Waals surface area contributed by atoms with Crippen LogP contribution in [-0.2, 0) is 11.2 Å². The molecule has 0 aliphatic rings. The number of nitrogens with one attached hydrogen (secondary N) is 1. The van der Waals surface area contributed by atoms with Crippen molar-refractivity contribution >= 4 is 23.4 Å². The Kier molecular flexibility index (Phi) is 4.81. The predicted molar refractivity (Wildman–Crippen MR) is 73.0 cm³/mol. The Labute approximate surface area is 106 Å². The summed E-state index contributed by atoms with van der Waals surface area (Å²) in [7, 11) is 0. The highest BCUT2D eigenvalue weighted by Gasteiger charge is 2.16. The van der Waals surface area contributed by atoms with Crippen LogP contribution in [0.25, 0.3) is 0 Å². The van der Waals surface area contributed by atoms with Crippen molar-refractivity contribution < 1.29 is 4.79 Å². The average molecular weight is 253 g/mol. The minimum absolute atomic E-state index is 0.00982. The van der Waals surface area contributed by atoms with Crippen LogP contribution in [0.15, 0.2) is 18.3 Å². The van der Waals surface area contributed by atoms with Crippen molar-refractivity contribution in [3.63, 3.8) is 0 Å². The van der Waals surface area contributed by atoms with Crippen LogP contribution in [0.3, 0.4) is 0 Å². The van der Waals surface area contributed by atoms with E-state index in [0.717, 1.165) is 5.69 Å². The second kappa shape index (κ2) is 5.91. The quantitative estimate of drug-likeness (QED) is 0.833. The predicted octanol–water partition coefficient (Wildman–Crippen LogP) is 1.46. The molecule has 1 aromatic heterocycles. The van der Waals surface area contributed by atoms with Crippen molar-refractivity contribution in [1.29, 1.82) is 0 Å². The Morgan fingerprint density at radius 3 is 2.76 bits per heavy atom. The van der Waals surface area contributed by atoms with Gasteiger partial charge in [0.2, 0.25) is 5.91 Å². The maximum absolute atomic E-state index is 11.7. The Morgan fingerprint density at radius 2 is 2.24 bits per heavy atom. The number of pyridine rings is 1. The van der Waals surface area contributed by atoms with E-state index in [1.165, 1.54) is 0 Å². The molecule has 0 fully saturated rings. The molecule has 94 valence electrons. The molecule has 0 aromatic carbocycles. The molecule has 0 saturated heterocycles. The van der Waals surface area contributed by atoms with E-state index in [-0.39, 0.29) is 10.7 Å². The van der Waals surface area contributed by atoms with Crippen molar-refractivity contribution in [3.8, 4) is 0 Å². The molecule has 1 amide bonds. The second-order valence-corrected chi connectivity index (χ2v) is 6.01. The molecule has 0 aliphatic heterocycles. The van der Waals surface area contributed by atoms with Gasteiger partial charge in [0, 0.05) is 17.0 Å². The number of hydrogen-bond donors (Lipinski definition) is 2. The molecule has 1 aromatic rings. The summed E-state index contributed by atoms with van der Waals surface area (Å²) in [5, 5.41) is 2.91. The number of thioether (sulfide) groups is 1. The second-order valence-electron chi connectivity index (χ2n) is 4.50. The molecule has 0 bridgehead atoms. The van der Waals surface area contributed by atoms with Gasteiger partial charge in [-0.05, 0) is 32.2 Å². The molecule has 0 spiro atoms. The number of amides is 1. The summed E-state index contributed by atoms with van der Waals surface area (Å²) in [5.41, 5.74) is 6.87. The molecule has 5 heteroatoms. The summed E-state index contributed by atoms with van der Waals surface area (Å²) in [6, 6.07) is 3.52. The highest BCUT2D eigenvalue weighted by atomic mass is 32.2. The molecule has 17 heavy (non-hydrogen) atoms. The summed E-state index contributed by atoms with van der Waals surface area (Å²) in [5.74, 6) is -0.00982. The minimum atomic E-state index is -0.00982. The van der Waals surface area contributed by atoms with E-state index in [1.54, 1.807) is 30.1 Å². The molecule has 0 unspecified atom stereocenters. The summed E-state index contributed by atoms with van der Waals surface area (Å²) in [4.78, 5) is 15.8. The van der Waals surface area contributed by atoms with Gasteiger partial charge in [0.15, 0.2) is 0 Å². The highest BCUT2D eigenvalue weighted by Crippen LogP contribution is 2.19. The molecule has 0 radical (unpaired) electrons. The zero-order chi connectivity index (χ0) is 12.9. The smallest absolute Gasteiger partial charge is 0.226 e. The van der Waals surface area contributed by atoms with E-state index in [9.17, 15) is 4.79 Å². The van der Waals surface area contributed by atoms with Gasteiger partial charge in [0.25, 0.3) is 0 Å². The number of anilines is 1. The van der Waals surface area contributed by atoms with E-state index in [2.05, 4.69) is 24.1 Å². The Balaban J connectivity index is 2.42. The van der Waals surface area contributed by atoms with Crippen molar-refractivity contribution in [2.24, 2.45) is 0 Å². The van der Waals surface area contributed by atoms with Gasteiger partial charge in [-0.1, -0.05) is 0 Å². The summed E-state index contributed by atoms with van der Waals surface area (Å²) < 4.78 is 0.0597. The Morgan fingerprint density at radius 1 is 1.53 bits per heavy atom. The summed E-state index contributed by atoms with van der Waals surface area (Å²) in [6.07, 6.45) is 3.90. The van der Waals surface area contributed by atoms with Gasteiger partial charge in [-0.25, -0.2) is 0 Å². The first kappa shape index (κ1) is 13.8. The number of carbonyl (C=O) groups excluding carboxylic acids is 1. The Bertz CT molecular complexity index is 376. The summed E-state index contributed by atoms with van der Waals surface area (Å²) in [6.45, 7) is 4.85. The number of rotatable bonds is 5. The van der Waals surface area contributed by atoms with Crippen LogP contribution >= 0.6 is 11.8 Å². The fraction of sp³-hybridized carbons (Fsp3) is 0.500. The van der Waals surface area contributed by atoms with E-state index in [4.69, 9.17) is 5.73 Å². The lowest BCUT2D eigenvalue weighted by Gasteiger charge is -2.22. The van der Waals surface area contributed by atoms with Gasteiger partial charge in [0.1, 0.15) is 0 Å². The van der Waals surface area contributed by atoms with Crippen LogP contribution in [-0.4, -0.2) is 28.4 Å². The Hall–Kier alpha value is -1.23. The largest absolute Gasteiger partial charge is 0.397 e. The fourth-order valence-corrected chi connectivity index (χ4v) is 1.37. The highest BCUT2D eigenvalue weighted by molar-refractivity contribution is 7.99. The van der Waals surface area contributed by atoms with E-state index >= 15 is 0 Å². The zero-order valence-electron chi connectivity index (χ0n) is 10.5. The fourth-order valence-electron chi connectivity index (χ4n) is 1.15. The number of carbonyl (C=O) groups is 1. The molecule has 3 N–H and O–H groups in total. The summed E-state index contributed by atoms with van der Waals surface area (Å²) >= 11 is 1.73. The minimum Gasteiger partial charge on any atom is -0.397 e. The normalized spacial score (nSPS) is 11.2.